The molecule has 0 aliphatic heterocycles. The smallest absolute Gasteiger partial charge is 0.207 e. The molecule has 6 heteroatoms. The van der Waals surface area contributed by atoms with Gasteiger partial charge in [0.15, 0.2) is 0 Å². The second-order valence-corrected chi connectivity index (χ2v) is 4.99. The molecule has 96 valence electrons. The Bertz CT molecular complexity index is 566. The van der Waals surface area contributed by atoms with E-state index < -0.39 is 11.6 Å². The largest absolute Gasteiger partial charge is 0.353 e. The lowest BCUT2D eigenvalue weighted by Crippen LogP contribution is -2.14. The molecule has 2 rings (SSSR count). The number of nitrogens with zero attached hydrogens (tertiary/aromatic N) is 2. The number of rotatable bonds is 3. The lowest BCUT2D eigenvalue weighted by atomic mass is 10.3. The maximum Gasteiger partial charge on any atom is 0.207 e. The molecule has 1 N–H and O–H groups in total. The van der Waals surface area contributed by atoms with Gasteiger partial charge in [-0.3, -0.25) is 4.57 Å². The lowest BCUT2D eigenvalue weighted by Gasteiger charge is -2.13. The Hall–Kier alpha value is -1.43. The van der Waals surface area contributed by atoms with Crippen LogP contribution in [0.15, 0.2) is 29.0 Å². The predicted octanol–water partition coefficient (Wildman–Crippen LogP) is 3.73. The van der Waals surface area contributed by atoms with E-state index in [4.69, 9.17) is 0 Å². The second-order valence-electron chi connectivity index (χ2n) is 4.14. The quantitative estimate of drug-likeness (QED) is 0.875. The molecular formula is C12H12BrF2N3. The molecule has 3 nitrogen and oxygen atoms in total. The zero-order valence-corrected chi connectivity index (χ0v) is 11.5. The normalized spacial score (nSPS) is 11.0. The molecule has 0 spiro atoms. The maximum atomic E-state index is 13.8. The SMILES string of the molecule is CC(C)Nc1nccn1-c1cc(F)c(Br)cc1F. The molecular weight excluding hydrogens is 304 g/mol. The summed E-state index contributed by atoms with van der Waals surface area (Å²) in [4.78, 5) is 4.08. The Balaban J connectivity index is 2.49. The summed E-state index contributed by atoms with van der Waals surface area (Å²) in [6, 6.07) is 2.38. The zero-order valence-electron chi connectivity index (χ0n) is 9.92. The Morgan fingerprint density at radius 1 is 1.28 bits per heavy atom. The van der Waals surface area contributed by atoms with Gasteiger partial charge in [-0.05, 0) is 35.8 Å². The third-order valence-electron chi connectivity index (χ3n) is 2.31. The molecule has 0 saturated heterocycles. The van der Waals surface area contributed by atoms with Gasteiger partial charge in [0.1, 0.15) is 11.6 Å². The van der Waals surface area contributed by atoms with Crippen molar-refractivity contribution in [2.45, 2.75) is 19.9 Å². The van der Waals surface area contributed by atoms with Crippen LogP contribution < -0.4 is 5.32 Å². The molecule has 0 saturated carbocycles. The van der Waals surface area contributed by atoms with Crippen LogP contribution in [0, 0.1) is 11.6 Å². The van der Waals surface area contributed by atoms with Crippen molar-refractivity contribution in [2.24, 2.45) is 0 Å². The molecule has 0 atom stereocenters. The molecule has 0 aliphatic rings. The highest BCUT2D eigenvalue weighted by Gasteiger charge is 2.13. The molecule has 0 radical (unpaired) electrons. The first-order valence-corrected chi connectivity index (χ1v) is 6.23. The van der Waals surface area contributed by atoms with E-state index in [-0.39, 0.29) is 16.2 Å². The van der Waals surface area contributed by atoms with Gasteiger partial charge in [-0.15, -0.1) is 0 Å². The summed E-state index contributed by atoms with van der Waals surface area (Å²) in [7, 11) is 0. The summed E-state index contributed by atoms with van der Waals surface area (Å²) in [5.41, 5.74) is 0.122. The standard InChI is InChI=1S/C12H12BrF2N3/c1-7(2)17-12-16-3-4-18(12)11-6-9(14)8(13)5-10(11)15/h3-7H,1-2H3,(H,16,17). The lowest BCUT2D eigenvalue weighted by molar-refractivity contribution is 0.587. The average molecular weight is 316 g/mol. The Kier molecular flexibility index (Phi) is 3.65. The monoisotopic (exact) mass is 315 g/mol. The third kappa shape index (κ3) is 2.53. The van der Waals surface area contributed by atoms with Crippen molar-refractivity contribution in [3.8, 4) is 5.69 Å². The van der Waals surface area contributed by atoms with Crippen LogP contribution in [0.3, 0.4) is 0 Å². The van der Waals surface area contributed by atoms with Crippen molar-refractivity contribution in [3.05, 3.63) is 40.6 Å². The molecule has 2 aromatic rings. The number of nitrogens with one attached hydrogen (secondary N) is 1. The zero-order chi connectivity index (χ0) is 13.3. The van der Waals surface area contributed by atoms with Crippen LogP contribution in [0.1, 0.15) is 13.8 Å². The number of imidazole rings is 1. The van der Waals surface area contributed by atoms with E-state index >= 15 is 0 Å². The molecule has 0 bridgehead atoms. The first-order valence-electron chi connectivity index (χ1n) is 5.44. The average Bonchev–Trinajstić information content (AvgIpc) is 2.70. The number of benzene rings is 1. The van der Waals surface area contributed by atoms with Gasteiger partial charge >= 0.3 is 0 Å². The van der Waals surface area contributed by atoms with Crippen LogP contribution in [0.4, 0.5) is 14.7 Å². The fourth-order valence-electron chi connectivity index (χ4n) is 1.56. The summed E-state index contributed by atoms with van der Waals surface area (Å²) in [5.74, 6) is -0.561. The van der Waals surface area contributed by atoms with E-state index in [1.807, 2.05) is 13.8 Å². The molecule has 0 aliphatic carbocycles. The summed E-state index contributed by atoms with van der Waals surface area (Å²) in [5, 5.41) is 3.06. The number of hydrogen-bond acceptors (Lipinski definition) is 2. The van der Waals surface area contributed by atoms with Crippen LogP contribution >= 0.6 is 15.9 Å². The Morgan fingerprint density at radius 2 is 2.00 bits per heavy atom. The predicted molar refractivity (Wildman–Crippen MR) is 69.9 cm³/mol. The molecule has 1 aromatic heterocycles. The molecule has 0 amide bonds. The van der Waals surface area contributed by atoms with Crippen molar-refractivity contribution in [2.75, 3.05) is 5.32 Å². The summed E-state index contributed by atoms with van der Waals surface area (Å²) in [6.07, 6.45) is 3.11. The first kappa shape index (κ1) is 13.0. The highest BCUT2D eigenvalue weighted by Crippen LogP contribution is 2.24. The van der Waals surface area contributed by atoms with Crippen LogP contribution in [0.5, 0.6) is 0 Å². The molecule has 0 fully saturated rings. The number of hydrogen-bond donors (Lipinski definition) is 1. The number of halogens is 3. The van der Waals surface area contributed by atoms with E-state index in [1.54, 1.807) is 6.20 Å². The fraction of sp³-hybridized carbons (Fsp3) is 0.250. The number of aromatic nitrogens is 2. The van der Waals surface area contributed by atoms with Gasteiger partial charge in [0.2, 0.25) is 5.95 Å². The van der Waals surface area contributed by atoms with E-state index in [2.05, 4.69) is 26.2 Å². The van der Waals surface area contributed by atoms with Crippen LogP contribution in [0.25, 0.3) is 5.69 Å². The molecule has 0 unspecified atom stereocenters. The highest BCUT2D eigenvalue weighted by molar-refractivity contribution is 9.10. The van der Waals surface area contributed by atoms with E-state index in [0.29, 0.717) is 5.95 Å². The van der Waals surface area contributed by atoms with Gasteiger partial charge in [0.25, 0.3) is 0 Å². The second kappa shape index (κ2) is 5.06. The molecule has 1 heterocycles. The topological polar surface area (TPSA) is 29.9 Å². The summed E-state index contributed by atoms with van der Waals surface area (Å²) < 4.78 is 28.9. The Labute approximate surface area is 112 Å². The van der Waals surface area contributed by atoms with Crippen LogP contribution in [-0.4, -0.2) is 15.6 Å². The highest BCUT2D eigenvalue weighted by atomic mass is 79.9. The fourth-order valence-corrected chi connectivity index (χ4v) is 1.87. The van der Waals surface area contributed by atoms with Gasteiger partial charge in [0, 0.05) is 24.5 Å². The van der Waals surface area contributed by atoms with Crippen molar-refractivity contribution in [1.82, 2.24) is 9.55 Å². The molecule has 1 aromatic carbocycles. The van der Waals surface area contributed by atoms with E-state index in [0.717, 1.165) is 12.1 Å². The number of anilines is 1. The van der Waals surface area contributed by atoms with Gasteiger partial charge in [-0.25, -0.2) is 13.8 Å². The minimum absolute atomic E-state index is 0.0993. The van der Waals surface area contributed by atoms with Crippen molar-refractivity contribution in [3.63, 3.8) is 0 Å². The summed E-state index contributed by atoms with van der Waals surface area (Å²) in [6.45, 7) is 3.88. The summed E-state index contributed by atoms with van der Waals surface area (Å²) >= 11 is 2.95. The van der Waals surface area contributed by atoms with Crippen LogP contribution in [0.2, 0.25) is 0 Å². The van der Waals surface area contributed by atoms with Crippen LogP contribution in [-0.2, 0) is 0 Å². The van der Waals surface area contributed by atoms with Crippen molar-refractivity contribution < 1.29 is 8.78 Å². The van der Waals surface area contributed by atoms with Gasteiger partial charge in [-0.1, -0.05) is 0 Å². The van der Waals surface area contributed by atoms with Gasteiger partial charge in [-0.2, -0.15) is 0 Å². The maximum absolute atomic E-state index is 13.8. The van der Waals surface area contributed by atoms with Crippen molar-refractivity contribution >= 4 is 21.9 Å². The third-order valence-corrected chi connectivity index (χ3v) is 2.92. The minimum atomic E-state index is -0.520. The van der Waals surface area contributed by atoms with Gasteiger partial charge < -0.3 is 5.32 Å². The molecule has 18 heavy (non-hydrogen) atoms. The Morgan fingerprint density at radius 3 is 2.67 bits per heavy atom. The van der Waals surface area contributed by atoms with Crippen molar-refractivity contribution in [1.29, 1.82) is 0 Å². The first-order chi connectivity index (χ1) is 8.49. The van der Waals surface area contributed by atoms with E-state index in [9.17, 15) is 8.78 Å². The van der Waals surface area contributed by atoms with Gasteiger partial charge in [0.05, 0.1) is 10.2 Å². The minimum Gasteiger partial charge on any atom is -0.353 e. The van der Waals surface area contributed by atoms with E-state index in [1.165, 1.54) is 10.8 Å².